The van der Waals surface area contributed by atoms with E-state index in [0.29, 0.717) is 12.8 Å². The summed E-state index contributed by atoms with van der Waals surface area (Å²) in [6.45, 7) is 2.97. The number of carbonyl (C=O) groups excluding carboxylic acids is 1. The van der Waals surface area contributed by atoms with Gasteiger partial charge in [-0.1, -0.05) is 0 Å². The van der Waals surface area contributed by atoms with Crippen molar-refractivity contribution < 1.29 is 24.5 Å². The molecule has 0 rings (SSSR count). The van der Waals surface area contributed by atoms with Gasteiger partial charge in [-0.2, -0.15) is 0 Å². The third-order valence-corrected chi connectivity index (χ3v) is 1.25. The van der Waals surface area contributed by atoms with Gasteiger partial charge in [0.2, 0.25) is 0 Å². The van der Waals surface area contributed by atoms with Crippen LogP contribution in [-0.4, -0.2) is 22.2 Å². The first kappa shape index (κ1) is 11.5. The summed E-state index contributed by atoms with van der Waals surface area (Å²) in [6.07, 6.45) is 0.973. The maximum Gasteiger partial charge on any atom is 0.313 e. The quantitative estimate of drug-likeness (QED) is 0.371. The lowest BCUT2D eigenvalue weighted by Crippen LogP contribution is -2.03. The second kappa shape index (κ2) is 6.05. The van der Waals surface area contributed by atoms with Gasteiger partial charge in [-0.25, -0.2) is 0 Å². The molecular weight excluding hydrogens is 176 g/mol. The maximum absolute atomic E-state index is 10.7. The van der Waals surface area contributed by atoms with E-state index in [0.717, 1.165) is 0 Å². The van der Waals surface area contributed by atoms with E-state index in [1.165, 1.54) is 0 Å². The number of hydrogen-bond acceptors (Lipinski definition) is 4. The van der Waals surface area contributed by atoms with Crippen molar-refractivity contribution in [2.24, 2.45) is 0 Å². The Bertz CT molecular complexity index is 209. The number of ether oxygens (including phenoxy) is 1. The van der Waals surface area contributed by atoms with Crippen molar-refractivity contribution in [1.82, 2.24) is 0 Å². The molecule has 0 aliphatic heterocycles. The fourth-order valence-electron chi connectivity index (χ4n) is 0.728. The van der Waals surface area contributed by atoms with Crippen molar-refractivity contribution in [3.05, 3.63) is 12.5 Å². The van der Waals surface area contributed by atoms with Crippen LogP contribution < -0.4 is 0 Å². The smallest absolute Gasteiger partial charge is 0.313 e. The summed E-state index contributed by atoms with van der Waals surface area (Å²) in [6, 6.07) is 0. The van der Waals surface area contributed by atoms with Crippen molar-refractivity contribution in [2.75, 3.05) is 0 Å². The molecule has 0 aromatic heterocycles. The van der Waals surface area contributed by atoms with Crippen molar-refractivity contribution >= 4 is 11.9 Å². The highest BCUT2D eigenvalue weighted by Crippen LogP contribution is 2.02. The summed E-state index contributed by atoms with van der Waals surface area (Å²) in [5.74, 6) is -2.12. The summed E-state index contributed by atoms with van der Waals surface area (Å²) in [4.78, 5) is 20.8. The first-order chi connectivity index (χ1) is 6.02. The molecule has 0 atom stereocenters. The second-order valence-corrected chi connectivity index (χ2v) is 2.47. The minimum absolute atomic E-state index is 0.0351. The summed E-state index contributed by atoms with van der Waals surface area (Å²) in [5.41, 5.74) is 0. The van der Waals surface area contributed by atoms with Crippen molar-refractivity contribution in [3.8, 4) is 0 Å². The molecule has 5 heteroatoms. The Morgan fingerprint density at radius 2 is 1.69 bits per heavy atom. The SMILES string of the molecule is C=C(O)OC(=O)CCCCC(=O)O. The molecular formula is C8H12O5. The van der Waals surface area contributed by atoms with Crippen molar-refractivity contribution in [1.29, 1.82) is 0 Å². The fraction of sp³-hybridized carbons (Fsp3) is 0.500. The number of unbranched alkanes of at least 4 members (excludes halogenated alkanes) is 1. The lowest BCUT2D eigenvalue weighted by atomic mass is 10.2. The molecule has 13 heavy (non-hydrogen) atoms. The standard InChI is InChI=1S/C8H12O5/c1-6(9)13-8(12)5-3-2-4-7(10)11/h9H,1-5H2,(H,10,11). The summed E-state index contributed by atoms with van der Waals surface area (Å²) < 4.78 is 4.23. The van der Waals surface area contributed by atoms with Crippen molar-refractivity contribution in [3.63, 3.8) is 0 Å². The molecule has 0 amide bonds. The monoisotopic (exact) mass is 188 g/mol. The van der Waals surface area contributed by atoms with E-state index in [9.17, 15) is 9.59 Å². The lowest BCUT2D eigenvalue weighted by Gasteiger charge is -2.00. The van der Waals surface area contributed by atoms with Crippen LogP contribution in [0.4, 0.5) is 0 Å². The number of rotatable bonds is 6. The molecule has 0 aliphatic rings. The molecule has 0 aromatic rings. The Morgan fingerprint density at radius 3 is 2.15 bits per heavy atom. The molecule has 0 aliphatic carbocycles. The van der Waals surface area contributed by atoms with Gasteiger partial charge in [-0.3, -0.25) is 9.59 Å². The van der Waals surface area contributed by atoms with E-state index < -0.39 is 17.9 Å². The lowest BCUT2D eigenvalue weighted by molar-refractivity contribution is -0.144. The molecule has 0 fully saturated rings. The number of carbonyl (C=O) groups is 2. The van der Waals surface area contributed by atoms with Gasteiger partial charge in [-0.05, 0) is 19.4 Å². The predicted octanol–water partition coefficient (Wildman–Crippen LogP) is 1.20. The number of aliphatic hydroxyl groups is 1. The third kappa shape index (κ3) is 8.39. The molecule has 0 spiro atoms. The van der Waals surface area contributed by atoms with Crippen LogP contribution in [0, 0.1) is 0 Å². The number of esters is 1. The Morgan fingerprint density at radius 1 is 1.15 bits per heavy atom. The number of aliphatic carboxylic acids is 1. The molecule has 0 unspecified atom stereocenters. The molecule has 2 N–H and O–H groups in total. The van der Waals surface area contributed by atoms with Crippen LogP contribution in [0.2, 0.25) is 0 Å². The molecule has 0 heterocycles. The van der Waals surface area contributed by atoms with E-state index in [-0.39, 0.29) is 12.8 Å². The van der Waals surface area contributed by atoms with Crippen LogP contribution in [0.25, 0.3) is 0 Å². The van der Waals surface area contributed by atoms with E-state index in [1.807, 2.05) is 0 Å². The third-order valence-electron chi connectivity index (χ3n) is 1.25. The number of carboxylic acid groups (broad SMARTS) is 1. The fourth-order valence-corrected chi connectivity index (χ4v) is 0.728. The average molecular weight is 188 g/mol. The van der Waals surface area contributed by atoms with Crippen LogP contribution >= 0.6 is 0 Å². The highest BCUT2D eigenvalue weighted by Gasteiger charge is 2.04. The Kier molecular flexibility index (Phi) is 5.34. The van der Waals surface area contributed by atoms with Crippen LogP contribution in [0.3, 0.4) is 0 Å². The van der Waals surface area contributed by atoms with Gasteiger partial charge in [0.25, 0.3) is 5.95 Å². The van der Waals surface area contributed by atoms with Gasteiger partial charge < -0.3 is 14.9 Å². The van der Waals surface area contributed by atoms with E-state index in [2.05, 4.69) is 11.3 Å². The normalized spacial score (nSPS) is 9.23. The minimum Gasteiger partial charge on any atom is -0.481 e. The van der Waals surface area contributed by atoms with Crippen molar-refractivity contribution in [2.45, 2.75) is 25.7 Å². The second-order valence-electron chi connectivity index (χ2n) is 2.47. The minimum atomic E-state index is -0.889. The molecule has 0 bridgehead atoms. The Hall–Kier alpha value is -1.52. The van der Waals surface area contributed by atoms with Crippen LogP contribution in [0.15, 0.2) is 12.5 Å². The van der Waals surface area contributed by atoms with E-state index in [4.69, 9.17) is 10.2 Å². The summed E-state index contributed by atoms with van der Waals surface area (Å²) in [7, 11) is 0. The number of carboxylic acids is 1. The molecule has 0 saturated heterocycles. The topological polar surface area (TPSA) is 83.8 Å². The van der Waals surface area contributed by atoms with Gasteiger partial charge >= 0.3 is 11.9 Å². The van der Waals surface area contributed by atoms with Gasteiger partial charge in [0, 0.05) is 12.8 Å². The largest absolute Gasteiger partial charge is 0.481 e. The molecule has 74 valence electrons. The zero-order valence-corrected chi connectivity index (χ0v) is 7.15. The number of aliphatic hydroxyl groups excluding tert-OH is 1. The maximum atomic E-state index is 10.7. The summed E-state index contributed by atoms with van der Waals surface area (Å²) in [5, 5.41) is 16.7. The highest BCUT2D eigenvalue weighted by atomic mass is 16.6. The zero-order chi connectivity index (χ0) is 10.3. The predicted molar refractivity (Wildman–Crippen MR) is 44.0 cm³/mol. The molecule has 0 radical (unpaired) electrons. The van der Waals surface area contributed by atoms with Crippen LogP contribution in [0.5, 0.6) is 0 Å². The Balaban J connectivity index is 3.37. The zero-order valence-electron chi connectivity index (χ0n) is 7.15. The van der Waals surface area contributed by atoms with Gasteiger partial charge in [0.15, 0.2) is 0 Å². The van der Waals surface area contributed by atoms with Crippen LogP contribution in [-0.2, 0) is 14.3 Å². The van der Waals surface area contributed by atoms with Crippen LogP contribution in [0.1, 0.15) is 25.7 Å². The van der Waals surface area contributed by atoms with E-state index >= 15 is 0 Å². The Labute approximate surface area is 75.6 Å². The van der Waals surface area contributed by atoms with Gasteiger partial charge in [0.1, 0.15) is 0 Å². The van der Waals surface area contributed by atoms with Gasteiger partial charge in [0.05, 0.1) is 0 Å². The first-order valence-corrected chi connectivity index (χ1v) is 3.82. The number of hydrogen-bond donors (Lipinski definition) is 2. The first-order valence-electron chi connectivity index (χ1n) is 3.82. The molecule has 5 nitrogen and oxygen atoms in total. The summed E-state index contributed by atoms with van der Waals surface area (Å²) >= 11 is 0. The van der Waals surface area contributed by atoms with Gasteiger partial charge in [-0.15, -0.1) is 0 Å². The highest BCUT2D eigenvalue weighted by molar-refractivity contribution is 5.70. The average Bonchev–Trinajstić information content (AvgIpc) is 1.96. The molecule has 0 aromatic carbocycles. The van der Waals surface area contributed by atoms with E-state index in [1.54, 1.807) is 0 Å². The molecule has 0 saturated carbocycles.